The van der Waals surface area contributed by atoms with Crippen molar-refractivity contribution in [2.24, 2.45) is 0 Å². The number of alkyl halides is 6. The maximum atomic E-state index is 16.7. The molecule has 0 aromatic carbocycles. The van der Waals surface area contributed by atoms with E-state index in [1.54, 1.807) is 0 Å². The predicted molar refractivity (Wildman–Crippen MR) is 211 cm³/mol. The average molecular weight is 809 g/mol. The topological polar surface area (TPSA) is 0 Å². The van der Waals surface area contributed by atoms with E-state index in [2.05, 4.69) is 0 Å². The average Bonchev–Trinajstić information content (AvgIpc) is 3.91. The number of halogens is 6. The standard InChI is InChI=1S/C39H34F6S6/c1-15-11-27(46-21(15)7)29-13-25(35(50-29)33-19(5)17(3)23(9)48-33)31-32(38(42,43)39(44,45)37(31,40)41)26-14-30(28-12-16(2)22(8)47-28)51-36(26)34-20(6)18(4)24(10)49-34/h11-14H,1-10H3. The van der Waals surface area contributed by atoms with Gasteiger partial charge in [0, 0.05) is 71.0 Å². The molecule has 6 aromatic rings. The summed E-state index contributed by atoms with van der Waals surface area (Å²) in [7, 11) is 0. The smallest absolute Gasteiger partial charge is 0.194 e. The molecule has 7 rings (SSSR count). The molecule has 1 aliphatic carbocycles. The first-order valence-corrected chi connectivity index (χ1v) is 21.0. The summed E-state index contributed by atoms with van der Waals surface area (Å²) >= 11 is 8.05. The van der Waals surface area contributed by atoms with Crippen molar-refractivity contribution in [3.63, 3.8) is 0 Å². The quantitative estimate of drug-likeness (QED) is 0.147. The summed E-state index contributed by atoms with van der Waals surface area (Å²) in [5.41, 5.74) is 2.41. The van der Waals surface area contributed by atoms with Crippen molar-refractivity contribution in [1.29, 1.82) is 0 Å². The normalized spacial score (nSPS) is 16.6. The third-order valence-electron chi connectivity index (χ3n) is 10.3. The second kappa shape index (κ2) is 12.3. The van der Waals surface area contributed by atoms with Gasteiger partial charge in [-0.05, 0) is 127 Å². The fourth-order valence-corrected chi connectivity index (χ4v) is 13.7. The summed E-state index contributed by atoms with van der Waals surface area (Å²) in [5, 5.41) is 0. The van der Waals surface area contributed by atoms with Gasteiger partial charge in [0.15, 0.2) is 0 Å². The Bertz CT molecular complexity index is 2210. The van der Waals surface area contributed by atoms with Crippen LogP contribution >= 0.6 is 68.0 Å². The minimum absolute atomic E-state index is 0.267. The number of aryl methyl sites for hydroxylation is 6. The first kappa shape index (κ1) is 36.9. The van der Waals surface area contributed by atoms with Gasteiger partial charge in [-0.15, -0.1) is 68.0 Å². The number of thiophene rings is 6. The fraction of sp³-hybridized carbons (Fsp3) is 0.333. The Balaban J connectivity index is 1.63. The monoisotopic (exact) mass is 808 g/mol. The molecule has 0 atom stereocenters. The molecule has 1 aliphatic rings. The van der Waals surface area contributed by atoms with Crippen LogP contribution in [0.15, 0.2) is 24.3 Å². The van der Waals surface area contributed by atoms with Crippen LogP contribution in [0.3, 0.4) is 0 Å². The first-order valence-electron chi connectivity index (χ1n) is 16.1. The van der Waals surface area contributed by atoms with Gasteiger partial charge in [0.25, 0.3) is 0 Å². The summed E-state index contributed by atoms with van der Waals surface area (Å²) in [6, 6.07) is 6.75. The zero-order valence-electron chi connectivity index (χ0n) is 29.5. The lowest BCUT2D eigenvalue weighted by Crippen LogP contribution is -2.48. The molecule has 0 saturated carbocycles. The lowest BCUT2D eigenvalue weighted by atomic mass is 9.93. The van der Waals surface area contributed by atoms with Gasteiger partial charge in [-0.1, -0.05) is 0 Å². The van der Waals surface area contributed by atoms with Crippen molar-refractivity contribution in [1.82, 2.24) is 0 Å². The van der Waals surface area contributed by atoms with Crippen LogP contribution < -0.4 is 0 Å². The predicted octanol–water partition coefficient (Wildman–Crippen LogP) is 15.6. The molecule has 0 amide bonds. The third-order valence-corrected chi connectivity index (χ3v) is 18.2. The maximum absolute atomic E-state index is 16.7. The highest BCUT2D eigenvalue weighted by Crippen LogP contribution is 2.68. The Morgan fingerprint density at radius 2 is 0.706 bits per heavy atom. The SMILES string of the molecule is Cc1cc(-c2cc(C3=C(c4cc(-c5cc(C)c(C)s5)sc4-c4sc(C)c(C)c4C)C(F)(F)C(F)(F)C3(F)F)c(-c3sc(C)c(C)c3C)s2)sc1C. The van der Waals surface area contributed by atoms with Gasteiger partial charge in [-0.3, -0.25) is 0 Å². The molecule has 0 saturated heterocycles. The molecule has 0 nitrogen and oxygen atoms in total. The summed E-state index contributed by atoms with van der Waals surface area (Å²) in [6.07, 6.45) is 0. The van der Waals surface area contributed by atoms with Gasteiger partial charge in [0.05, 0.1) is 9.75 Å². The molecule has 0 aliphatic heterocycles. The summed E-state index contributed by atoms with van der Waals surface area (Å²) in [4.78, 5) is 8.47. The molecule has 0 N–H and O–H groups in total. The van der Waals surface area contributed by atoms with Crippen LogP contribution in [-0.4, -0.2) is 17.8 Å². The largest absolute Gasteiger partial charge is 0.380 e. The van der Waals surface area contributed by atoms with Gasteiger partial charge < -0.3 is 0 Å². The van der Waals surface area contributed by atoms with Crippen LogP contribution in [0.5, 0.6) is 0 Å². The number of hydrogen-bond donors (Lipinski definition) is 0. The van der Waals surface area contributed by atoms with Gasteiger partial charge in [0.2, 0.25) is 0 Å². The van der Waals surface area contributed by atoms with E-state index >= 15 is 26.3 Å². The summed E-state index contributed by atoms with van der Waals surface area (Å²) in [5.74, 6) is -16.0. The van der Waals surface area contributed by atoms with E-state index < -0.39 is 28.9 Å². The summed E-state index contributed by atoms with van der Waals surface area (Å²) in [6.45, 7) is 19.2. The number of hydrogen-bond acceptors (Lipinski definition) is 6. The first-order chi connectivity index (χ1) is 23.7. The van der Waals surface area contributed by atoms with Crippen molar-refractivity contribution in [3.8, 4) is 39.0 Å². The molecule has 0 unspecified atom stereocenters. The number of allylic oxidation sites excluding steroid dienone is 2. The Kier molecular flexibility index (Phi) is 8.87. The van der Waals surface area contributed by atoms with Crippen molar-refractivity contribution >= 4 is 79.2 Å². The van der Waals surface area contributed by atoms with E-state index in [0.717, 1.165) is 62.6 Å². The second-order valence-electron chi connectivity index (χ2n) is 13.4. The molecule has 268 valence electrons. The molecule has 0 spiro atoms. The van der Waals surface area contributed by atoms with Gasteiger partial charge in [0.1, 0.15) is 0 Å². The Morgan fingerprint density at radius 1 is 0.373 bits per heavy atom. The van der Waals surface area contributed by atoms with Crippen LogP contribution in [-0.2, 0) is 0 Å². The Labute approximate surface area is 317 Å². The molecular weight excluding hydrogens is 775 g/mol. The van der Waals surface area contributed by atoms with Crippen molar-refractivity contribution in [2.75, 3.05) is 0 Å². The van der Waals surface area contributed by atoms with Crippen LogP contribution in [0, 0.1) is 69.2 Å². The van der Waals surface area contributed by atoms with E-state index in [0.29, 0.717) is 29.3 Å². The lowest BCUT2D eigenvalue weighted by molar-refractivity contribution is -0.254. The summed E-state index contributed by atoms with van der Waals surface area (Å²) < 4.78 is 98.6. The van der Waals surface area contributed by atoms with E-state index in [1.165, 1.54) is 80.2 Å². The molecule has 6 aromatic heterocycles. The minimum Gasteiger partial charge on any atom is -0.194 e. The minimum atomic E-state index is -5.68. The highest BCUT2D eigenvalue weighted by atomic mass is 32.1. The molecule has 0 bridgehead atoms. The second-order valence-corrected chi connectivity index (χ2v) is 20.4. The zero-order chi connectivity index (χ0) is 37.3. The van der Waals surface area contributed by atoms with Crippen molar-refractivity contribution < 1.29 is 26.3 Å². The van der Waals surface area contributed by atoms with Crippen LogP contribution in [0.25, 0.3) is 50.2 Å². The Hall–Kier alpha value is -2.48. The van der Waals surface area contributed by atoms with Crippen molar-refractivity contribution in [2.45, 2.75) is 87.0 Å². The van der Waals surface area contributed by atoms with E-state index in [-0.39, 0.29) is 11.1 Å². The van der Waals surface area contributed by atoms with Gasteiger partial charge in [-0.2, -0.15) is 26.3 Å². The molecule has 6 heterocycles. The lowest BCUT2D eigenvalue weighted by Gasteiger charge is -2.26. The van der Waals surface area contributed by atoms with Crippen LogP contribution in [0.2, 0.25) is 0 Å². The van der Waals surface area contributed by atoms with Crippen LogP contribution in [0.1, 0.15) is 64.0 Å². The zero-order valence-corrected chi connectivity index (χ0v) is 34.4. The third kappa shape index (κ3) is 5.36. The van der Waals surface area contributed by atoms with Crippen molar-refractivity contribution in [3.05, 3.63) is 88.3 Å². The molecule has 0 fully saturated rings. The highest BCUT2D eigenvalue weighted by molar-refractivity contribution is 7.27. The molecular formula is C39H34F6S6. The number of rotatable bonds is 6. The van der Waals surface area contributed by atoms with E-state index in [1.807, 2.05) is 81.4 Å². The fourth-order valence-electron chi connectivity index (χ4n) is 6.47. The molecule has 51 heavy (non-hydrogen) atoms. The maximum Gasteiger partial charge on any atom is 0.380 e. The van der Waals surface area contributed by atoms with E-state index in [9.17, 15) is 0 Å². The Morgan fingerprint density at radius 3 is 0.980 bits per heavy atom. The van der Waals surface area contributed by atoms with Gasteiger partial charge in [-0.25, -0.2) is 0 Å². The molecule has 0 radical (unpaired) electrons. The van der Waals surface area contributed by atoms with E-state index in [4.69, 9.17) is 0 Å². The van der Waals surface area contributed by atoms with Gasteiger partial charge >= 0.3 is 17.8 Å². The van der Waals surface area contributed by atoms with Crippen LogP contribution in [0.4, 0.5) is 26.3 Å². The molecule has 12 heteroatoms. The highest BCUT2D eigenvalue weighted by Gasteiger charge is 2.80.